The molecule has 0 spiro atoms. The normalized spacial score (nSPS) is 13.9. The summed E-state index contributed by atoms with van der Waals surface area (Å²) in [5, 5.41) is 9.25. The molecule has 1 fully saturated rings. The summed E-state index contributed by atoms with van der Waals surface area (Å²) in [6.45, 7) is 2.96. The van der Waals surface area contributed by atoms with E-state index in [2.05, 4.69) is 20.1 Å². The Balaban J connectivity index is 1.23. The summed E-state index contributed by atoms with van der Waals surface area (Å²) in [5.74, 6) is 1.66. The van der Waals surface area contributed by atoms with Gasteiger partial charge in [-0.05, 0) is 42.0 Å². The van der Waals surface area contributed by atoms with Crippen molar-refractivity contribution in [3.63, 3.8) is 0 Å². The molecule has 6 rings (SSSR count). The Morgan fingerprint density at radius 1 is 0.895 bits per heavy atom. The lowest BCUT2D eigenvalue weighted by Gasteiger charge is -2.35. The molecule has 0 atom stereocenters. The van der Waals surface area contributed by atoms with Crippen LogP contribution >= 0.6 is 0 Å². The Morgan fingerprint density at radius 2 is 1.66 bits per heavy atom. The van der Waals surface area contributed by atoms with E-state index in [4.69, 9.17) is 0 Å². The van der Waals surface area contributed by atoms with E-state index in [0.717, 1.165) is 24.5 Å². The Morgan fingerprint density at radius 3 is 2.42 bits per heavy atom. The summed E-state index contributed by atoms with van der Waals surface area (Å²) in [7, 11) is 0. The molecular formula is C28H26FN7O2. The molecule has 9 nitrogen and oxygen atoms in total. The van der Waals surface area contributed by atoms with Gasteiger partial charge in [0.15, 0.2) is 0 Å². The van der Waals surface area contributed by atoms with Crippen LogP contribution in [0.2, 0.25) is 0 Å². The number of pyridine rings is 1. The number of carbonyl (C=O) groups is 1. The first-order valence-electron chi connectivity index (χ1n) is 12.6. The third-order valence-electron chi connectivity index (χ3n) is 7.00. The lowest BCUT2D eigenvalue weighted by Crippen LogP contribution is -2.49. The number of hydrogen-bond donors (Lipinski definition) is 0. The summed E-state index contributed by atoms with van der Waals surface area (Å²) in [5.41, 5.74) is 1.27. The summed E-state index contributed by atoms with van der Waals surface area (Å²) in [6.07, 6.45) is 2.45. The second-order valence-electron chi connectivity index (χ2n) is 9.34. The van der Waals surface area contributed by atoms with Crippen LogP contribution in [-0.2, 0) is 17.8 Å². The van der Waals surface area contributed by atoms with Crippen molar-refractivity contribution >= 4 is 28.4 Å². The fourth-order valence-corrected chi connectivity index (χ4v) is 4.99. The van der Waals surface area contributed by atoms with Crippen LogP contribution in [0.25, 0.3) is 16.7 Å². The third-order valence-corrected chi connectivity index (χ3v) is 7.00. The lowest BCUT2D eigenvalue weighted by molar-refractivity contribution is -0.131. The molecule has 10 heteroatoms. The van der Waals surface area contributed by atoms with Gasteiger partial charge in [-0.25, -0.2) is 9.37 Å². The van der Waals surface area contributed by atoms with E-state index in [9.17, 15) is 14.0 Å². The minimum Gasteiger partial charge on any atom is -0.353 e. The zero-order chi connectivity index (χ0) is 26.1. The molecule has 1 aliphatic rings. The van der Waals surface area contributed by atoms with Crippen molar-refractivity contribution in [1.29, 1.82) is 0 Å². The van der Waals surface area contributed by atoms with Crippen LogP contribution < -0.4 is 10.5 Å². The van der Waals surface area contributed by atoms with Crippen molar-refractivity contribution < 1.29 is 9.18 Å². The number of benzene rings is 2. The van der Waals surface area contributed by atoms with Crippen molar-refractivity contribution in [2.24, 2.45) is 0 Å². The Labute approximate surface area is 217 Å². The first kappa shape index (κ1) is 23.8. The molecule has 0 aliphatic carbocycles. The predicted octanol–water partition coefficient (Wildman–Crippen LogP) is 2.91. The van der Waals surface area contributed by atoms with Crippen molar-refractivity contribution in [3.8, 4) is 0 Å². The van der Waals surface area contributed by atoms with Gasteiger partial charge in [0.25, 0.3) is 5.56 Å². The quantitative estimate of drug-likeness (QED) is 0.348. The van der Waals surface area contributed by atoms with E-state index >= 15 is 0 Å². The van der Waals surface area contributed by atoms with Crippen molar-refractivity contribution in [3.05, 3.63) is 100 Å². The highest BCUT2D eigenvalue weighted by Crippen LogP contribution is 2.18. The molecule has 2 aromatic carbocycles. The maximum Gasteiger partial charge on any atom is 0.263 e. The van der Waals surface area contributed by atoms with E-state index in [1.54, 1.807) is 29.0 Å². The molecule has 1 amide bonds. The number of nitrogens with zero attached hydrogens (tertiary/aromatic N) is 7. The maximum atomic E-state index is 13.4. The van der Waals surface area contributed by atoms with Crippen LogP contribution in [0.3, 0.4) is 0 Å². The fraction of sp³-hybridized carbons (Fsp3) is 0.250. The van der Waals surface area contributed by atoms with Gasteiger partial charge in [0.2, 0.25) is 11.7 Å². The number of aryl methyl sites for hydroxylation is 1. The van der Waals surface area contributed by atoms with Gasteiger partial charge in [-0.3, -0.25) is 18.6 Å². The number of anilines is 1. The summed E-state index contributed by atoms with van der Waals surface area (Å²) >= 11 is 0. The molecule has 0 N–H and O–H groups in total. The minimum absolute atomic E-state index is 0.0614. The molecule has 0 radical (unpaired) electrons. The average molecular weight is 512 g/mol. The highest BCUT2D eigenvalue weighted by Gasteiger charge is 2.23. The summed E-state index contributed by atoms with van der Waals surface area (Å²) in [6, 6.07) is 19.2. The predicted molar refractivity (Wildman–Crippen MR) is 142 cm³/mol. The first-order valence-corrected chi connectivity index (χ1v) is 12.6. The largest absolute Gasteiger partial charge is 0.353 e. The number of carbonyl (C=O) groups excluding carboxylic acids is 1. The molecule has 3 aromatic heterocycles. The van der Waals surface area contributed by atoms with Crippen molar-refractivity contribution in [1.82, 2.24) is 29.0 Å². The van der Waals surface area contributed by atoms with Crippen molar-refractivity contribution in [2.75, 3.05) is 31.1 Å². The zero-order valence-corrected chi connectivity index (χ0v) is 20.7. The molecule has 192 valence electrons. The number of fused-ring (bicyclic) bond motifs is 3. The van der Waals surface area contributed by atoms with Gasteiger partial charge in [-0.2, -0.15) is 0 Å². The fourth-order valence-electron chi connectivity index (χ4n) is 4.99. The molecule has 1 saturated heterocycles. The van der Waals surface area contributed by atoms with Crippen LogP contribution in [0.5, 0.6) is 0 Å². The number of halogens is 1. The van der Waals surface area contributed by atoms with Gasteiger partial charge in [0, 0.05) is 45.2 Å². The Hall–Kier alpha value is -4.60. The van der Waals surface area contributed by atoms with Crippen molar-refractivity contribution in [2.45, 2.75) is 19.4 Å². The van der Waals surface area contributed by atoms with Crippen LogP contribution in [0.1, 0.15) is 17.8 Å². The number of rotatable bonds is 6. The zero-order valence-electron chi connectivity index (χ0n) is 20.7. The molecule has 4 heterocycles. The topological polar surface area (TPSA) is 88.6 Å². The standard InChI is InChI=1S/C28H26FN7O2/c29-21-10-8-20(9-11-21)19-35-27(38)22-5-1-2-6-23(22)36-25(31-32-28(35)36)12-13-26(37)34-17-15-33(16-18-34)24-7-3-4-14-30-24/h1-11,14H,12-13,15-19H2. The monoisotopic (exact) mass is 511 g/mol. The second kappa shape index (κ2) is 10.0. The van der Waals surface area contributed by atoms with Crippen LogP contribution in [-0.4, -0.2) is 61.1 Å². The van der Waals surface area contributed by atoms with Gasteiger partial charge >= 0.3 is 0 Å². The first-order chi connectivity index (χ1) is 18.6. The molecule has 38 heavy (non-hydrogen) atoms. The number of hydrogen-bond acceptors (Lipinski definition) is 6. The highest BCUT2D eigenvalue weighted by atomic mass is 19.1. The van der Waals surface area contributed by atoms with E-state index in [1.165, 1.54) is 12.1 Å². The average Bonchev–Trinajstić information content (AvgIpc) is 3.39. The highest BCUT2D eigenvalue weighted by molar-refractivity contribution is 5.80. The molecule has 5 aromatic rings. The van der Waals surface area contributed by atoms with Gasteiger partial charge in [0.05, 0.1) is 17.4 Å². The van der Waals surface area contributed by atoms with Crippen LogP contribution in [0.4, 0.5) is 10.2 Å². The van der Waals surface area contributed by atoms with Gasteiger partial charge in [-0.15, -0.1) is 10.2 Å². The number of piperazine rings is 1. The molecule has 0 saturated carbocycles. The molecule has 0 bridgehead atoms. The van der Waals surface area contributed by atoms with Crippen LogP contribution in [0.15, 0.2) is 77.7 Å². The lowest BCUT2D eigenvalue weighted by atomic mass is 10.2. The number of aromatic nitrogens is 5. The Kier molecular flexibility index (Phi) is 6.28. The second-order valence-corrected chi connectivity index (χ2v) is 9.34. The third kappa shape index (κ3) is 4.49. The molecule has 0 unspecified atom stereocenters. The molecule has 1 aliphatic heterocycles. The SMILES string of the molecule is O=C(CCc1nnc2n(Cc3ccc(F)cc3)c(=O)c3ccccc3n12)N1CCN(c2ccccn2)CC1. The van der Waals surface area contributed by atoms with E-state index in [1.807, 2.05) is 45.7 Å². The summed E-state index contributed by atoms with van der Waals surface area (Å²) < 4.78 is 16.8. The van der Waals surface area contributed by atoms with Gasteiger partial charge < -0.3 is 9.80 Å². The molecular weight excluding hydrogens is 485 g/mol. The van der Waals surface area contributed by atoms with Gasteiger partial charge in [-0.1, -0.05) is 30.3 Å². The van der Waals surface area contributed by atoms with E-state index in [-0.39, 0.29) is 30.2 Å². The smallest absolute Gasteiger partial charge is 0.263 e. The van der Waals surface area contributed by atoms with Crippen LogP contribution in [0, 0.1) is 5.82 Å². The minimum atomic E-state index is -0.336. The van der Waals surface area contributed by atoms with Gasteiger partial charge in [0.1, 0.15) is 17.5 Å². The maximum absolute atomic E-state index is 13.4. The summed E-state index contributed by atoms with van der Waals surface area (Å²) in [4.78, 5) is 34.9. The van der Waals surface area contributed by atoms with E-state index in [0.29, 0.717) is 42.0 Å². The Bertz CT molecular complexity index is 1660. The number of amides is 1. The van der Waals surface area contributed by atoms with E-state index < -0.39 is 0 Å². The number of para-hydroxylation sites is 1.